The molecular weight excluding hydrogens is 456 g/mol. The Hall–Kier alpha value is -3.33. The van der Waals surface area contributed by atoms with E-state index in [0.717, 1.165) is 10.0 Å². The molecule has 2 aromatic rings. The summed E-state index contributed by atoms with van der Waals surface area (Å²) in [7, 11) is 2.93. The van der Waals surface area contributed by atoms with Crippen molar-refractivity contribution in [3.8, 4) is 17.2 Å². The lowest BCUT2D eigenvalue weighted by Crippen LogP contribution is -2.37. The lowest BCUT2D eigenvalue weighted by atomic mass is 9.95. The first-order valence-electron chi connectivity index (χ1n) is 8.86. The molecule has 1 aliphatic rings. The molecule has 0 saturated heterocycles. The predicted octanol–water partition coefficient (Wildman–Crippen LogP) is 2.79. The highest BCUT2D eigenvalue weighted by Crippen LogP contribution is 2.38. The van der Waals surface area contributed by atoms with E-state index >= 15 is 0 Å². The minimum atomic E-state index is -0.494. The Morgan fingerprint density at radius 2 is 1.80 bits per heavy atom. The van der Waals surface area contributed by atoms with Gasteiger partial charge in [0.15, 0.2) is 11.5 Å². The van der Waals surface area contributed by atoms with Crippen molar-refractivity contribution >= 4 is 39.3 Å². The number of ether oxygens (including phenoxy) is 3. The van der Waals surface area contributed by atoms with Crippen LogP contribution in [-0.2, 0) is 16.1 Å². The van der Waals surface area contributed by atoms with E-state index in [2.05, 4.69) is 26.6 Å². The summed E-state index contributed by atoms with van der Waals surface area (Å²) in [5.41, 5.74) is 1.99. The number of rotatable bonds is 6. The molecule has 9 heteroatoms. The molecule has 156 valence electrons. The van der Waals surface area contributed by atoms with Gasteiger partial charge in [0.1, 0.15) is 0 Å². The molecular formula is C21H19BrN2O6. The van der Waals surface area contributed by atoms with Crippen LogP contribution in [0.1, 0.15) is 28.4 Å². The average molecular weight is 475 g/mol. The first kappa shape index (κ1) is 21.4. The molecule has 30 heavy (non-hydrogen) atoms. The molecule has 2 aromatic carbocycles. The van der Waals surface area contributed by atoms with Crippen molar-refractivity contribution in [2.75, 3.05) is 14.2 Å². The van der Waals surface area contributed by atoms with Gasteiger partial charge >= 0.3 is 5.97 Å². The number of carbonyl (C=O) groups is 3. The molecule has 0 aromatic heterocycles. The van der Waals surface area contributed by atoms with E-state index in [1.165, 1.54) is 27.3 Å². The highest BCUT2D eigenvalue weighted by molar-refractivity contribution is 9.10. The topological polar surface area (TPSA) is 103 Å². The van der Waals surface area contributed by atoms with Gasteiger partial charge in [-0.15, -0.1) is 0 Å². The summed E-state index contributed by atoms with van der Waals surface area (Å²) in [5.74, 6) is -0.497. The Morgan fingerprint density at radius 3 is 2.47 bits per heavy atom. The van der Waals surface area contributed by atoms with Crippen LogP contribution < -0.4 is 24.8 Å². The summed E-state index contributed by atoms with van der Waals surface area (Å²) >= 11 is 3.36. The lowest BCUT2D eigenvalue weighted by molar-refractivity contribution is -0.132. The normalized spacial score (nSPS) is 14.1. The number of carbonyl (C=O) groups excluding carboxylic acids is 3. The average Bonchev–Trinajstić information content (AvgIpc) is 2.69. The van der Waals surface area contributed by atoms with Gasteiger partial charge in [-0.3, -0.25) is 19.7 Å². The van der Waals surface area contributed by atoms with Crippen LogP contribution in [0.2, 0.25) is 0 Å². The number of benzene rings is 2. The molecule has 2 amide bonds. The van der Waals surface area contributed by atoms with E-state index in [-0.39, 0.29) is 5.75 Å². The maximum Gasteiger partial charge on any atom is 0.308 e. The Labute approximate surface area is 181 Å². The fourth-order valence-electron chi connectivity index (χ4n) is 3.03. The second-order valence-corrected chi connectivity index (χ2v) is 7.25. The van der Waals surface area contributed by atoms with E-state index in [9.17, 15) is 14.4 Å². The van der Waals surface area contributed by atoms with Gasteiger partial charge in [0.2, 0.25) is 5.75 Å². The van der Waals surface area contributed by atoms with E-state index in [1.54, 1.807) is 30.3 Å². The number of esters is 1. The van der Waals surface area contributed by atoms with Crippen molar-refractivity contribution < 1.29 is 28.6 Å². The van der Waals surface area contributed by atoms with Crippen LogP contribution in [-0.4, -0.2) is 32.0 Å². The van der Waals surface area contributed by atoms with Gasteiger partial charge in [-0.2, -0.15) is 0 Å². The number of methoxy groups -OCH3 is 2. The van der Waals surface area contributed by atoms with Gasteiger partial charge in [-0.1, -0.05) is 15.9 Å². The monoisotopic (exact) mass is 474 g/mol. The first-order chi connectivity index (χ1) is 14.3. The van der Waals surface area contributed by atoms with E-state index in [4.69, 9.17) is 14.2 Å². The zero-order chi connectivity index (χ0) is 21.8. The molecule has 0 unspecified atom stereocenters. The summed E-state index contributed by atoms with van der Waals surface area (Å²) in [6.45, 7) is 1.59. The third-order valence-electron chi connectivity index (χ3n) is 4.30. The minimum Gasteiger partial charge on any atom is -0.493 e. The van der Waals surface area contributed by atoms with Gasteiger partial charge in [-0.25, -0.2) is 0 Å². The Bertz CT molecular complexity index is 1060. The Morgan fingerprint density at radius 1 is 1.07 bits per heavy atom. The molecule has 0 bridgehead atoms. The maximum atomic E-state index is 12.3. The van der Waals surface area contributed by atoms with Crippen molar-refractivity contribution in [2.45, 2.75) is 13.5 Å². The SMILES string of the molecule is COc1cc(CNC=C2C(=O)NC(=O)c3ccc(Br)cc32)cc(OC(C)=O)c1OC. The fraction of sp³-hybridized carbons (Fsp3) is 0.190. The van der Waals surface area contributed by atoms with E-state index in [0.29, 0.717) is 34.7 Å². The third-order valence-corrected chi connectivity index (χ3v) is 4.79. The van der Waals surface area contributed by atoms with Gasteiger partial charge in [-0.05, 0) is 35.9 Å². The standard InChI is InChI=1S/C21H19BrN2O6/c1-11(25)30-18-7-12(6-17(28-2)19(18)29-3)9-23-10-16-15-8-13(22)4-5-14(15)20(26)24-21(16)27/h4-8,10,23H,9H2,1-3H3,(H,24,26,27). The number of halogens is 1. The number of hydrogen-bond donors (Lipinski definition) is 2. The molecule has 2 N–H and O–H groups in total. The summed E-state index contributed by atoms with van der Waals surface area (Å²) in [5, 5.41) is 5.38. The third kappa shape index (κ3) is 4.46. The largest absolute Gasteiger partial charge is 0.493 e. The minimum absolute atomic E-state index is 0.226. The second-order valence-electron chi connectivity index (χ2n) is 6.34. The maximum absolute atomic E-state index is 12.3. The van der Waals surface area contributed by atoms with Crippen LogP contribution in [0.25, 0.3) is 5.57 Å². The van der Waals surface area contributed by atoms with Gasteiger partial charge < -0.3 is 19.5 Å². The second kappa shape index (κ2) is 9.00. The number of amides is 2. The Kier molecular flexibility index (Phi) is 6.41. The first-order valence-corrected chi connectivity index (χ1v) is 9.65. The number of fused-ring (bicyclic) bond motifs is 1. The fourth-order valence-corrected chi connectivity index (χ4v) is 3.39. The van der Waals surface area contributed by atoms with E-state index in [1.807, 2.05) is 0 Å². The summed E-state index contributed by atoms with van der Waals surface area (Å²) < 4.78 is 16.6. The highest BCUT2D eigenvalue weighted by Gasteiger charge is 2.27. The van der Waals surface area contributed by atoms with Crippen molar-refractivity contribution in [3.63, 3.8) is 0 Å². The van der Waals surface area contributed by atoms with Crippen LogP contribution in [0.15, 0.2) is 41.0 Å². The number of imide groups is 1. The predicted molar refractivity (Wildman–Crippen MR) is 112 cm³/mol. The van der Waals surface area contributed by atoms with Gasteiger partial charge in [0.05, 0.1) is 19.8 Å². The van der Waals surface area contributed by atoms with Crippen molar-refractivity contribution in [2.24, 2.45) is 0 Å². The van der Waals surface area contributed by atoms with Crippen molar-refractivity contribution in [3.05, 3.63) is 57.7 Å². The Balaban J connectivity index is 1.89. The molecule has 0 aliphatic carbocycles. The van der Waals surface area contributed by atoms with Gasteiger partial charge in [0, 0.05) is 35.3 Å². The van der Waals surface area contributed by atoms with Crippen LogP contribution >= 0.6 is 15.9 Å². The van der Waals surface area contributed by atoms with Crippen LogP contribution in [0.5, 0.6) is 17.2 Å². The molecule has 0 atom stereocenters. The van der Waals surface area contributed by atoms with Gasteiger partial charge in [0.25, 0.3) is 11.8 Å². The molecule has 3 rings (SSSR count). The summed E-state index contributed by atoms with van der Waals surface area (Å²) in [4.78, 5) is 35.8. The number of hydrogen-bond acceptors (Lipinski definition) is 7. The van der Waals surface area contributed by atoms with Crippen molar-refractivity contribution in [1.29, 1.82) is 0 Å². The zero-order valence-electron chi connectivity index (χ0n) is 16.5. The molecule has 0 fully saturated rings. The van der Waals surface area contributed by atoms with Crippen molar-refractivity contribution in [1.82, 2.24) is 10.6 Å². The molecule has 0 spiro atoms. The van der Waals surface area contributed by atoms with Crippen LogP contribution in [0.4, 0.5) is 0 Å². The zero-order valence-corrected chi connectivity index (χ0v) is 18.1. The molecule has 0 saturated carbocycles. The van der Waals surface area contributed by atoms with E-state index < -0.39 is 17.8 Å². The molecule has 8 nitrogen and oxygen atoms in total. The van der Waals surface area contributed by atoms with Crippen LogP contribution in [0, 0.1) is 0 Å². The van der Waals surface area contributed by atoms with Crippen LogP contribution in [0.3, 0.4) is 0 Å². The highest BCUT2D eigenvalue weighted by atomic mass is 79.9. The number of nitrogens with one attached hydrogen (secondary N) is 2. The lowest BCUT2D eigenvalue weighted by Gasteiger charge is -2.19. The molecule has 1 aliphatic heterocycles. The molecule has 1 heterocycles. The molecule has 0 radical (unpaired) electrons. The summed E-state index contributed by atoms with van der Waals surface area (Å²) in [6, 6.07) is 8.47. The smallest absolute Gasteiger partial charge is 0.308 e. The quantitative estimate of drug-likeness (QED) is 0.287. The summed E-state index contributed by atoms with van der Waals surface area (Å²) in [6.07, 6.45) is 1.54.